The third kappa shape index (κ3) is 1.87. The second-order valence-electron chi connectivity index (χ2n) is 3.68. The molecule has 0 spiro atoms. The van der Waals surface area contributed by atoms with Gasteiger partial charge in [-0.15, -0.1) is 0 Å². The van der Waals surface area contributed by atoms with Gasteiger partial charge in [0, 0.05) is 11.1 Å². The maximum absolute atomic E-state index is 13.9. The molecule has 0 atom stereocenters. The largest absolute Gasteiger partial charge is 0.298 e. The summed E-state index contributed by atoms with van der Waals surface area (Å²) in [4.78, 5) is 10.7. The van der Waals surface area contributed by atoms with Crippen LogP contribution in [0.5, 0.6) is 0 Å². The number of benzene rings is 2. The first-order valence-corrected chi connectivity index (χ1v) is 5.03. The van der Waals surface area contributed by atoms with Gasteiger partial charge >= 0.3 is 0 Å². The summed E-state index contributed by atoms with van der Waals surface area (Å²) in [5.74, 6) is -0.267. The van der Waals surface area contributed by atoms with Gasteiger partial charge in [0.1, 0.15) is 12.1 Å². The number of hydrogen-bond donors (Lipinski definition) is 0. The minimum atomic E-state index is -0.267. The van der Waals surface area contributed by atoms with Crippen LogP contribution in [0.2, 0.25) is 0 Å². The normalized spacial score (nSPS) is 10.1. The van der Waals surface area contributed by atoms with Gasteiger partial charge in [0.2, 0.25) is 0 Å². The molecule has 0 aliphatic heterocycles. The van der Waals surface area contributed by atoms with E-state index in [2.05, 4.69) is 0 Å². The fraction of sp³-hybridized carbons (Fsp3) is 0.0714. The summed E-state index contributed by atoms with van der Waals surface area (Å²) < 4.78 is 13.9. The molecular formula is C14H11FO. The monoisotopic (exact) mass is 214 g/mol. The fourth-order valence-corrected chi connectivity index (χ4v) is 1.69. The van der Waals surface area contributed by atoms with E-state index >= 15 is 0 Å². The highest BCUT2D eigenvalue weighted by molar-refractivity contribution is 5.79. The van der Waals surface area contributed by atoms with Crippen molar-refractivity contribution in [1.29, 1.82) is 0 Å². The standard InChI is InChI=1S/C14H11FO/c1-10-7-11(9-16)8-13(14(10)15)12-5-3-2-4-6-12/h2-9H,1H3. The summed E-state index contributed by atoms with van der Waals surface area (Å²) in [5.41, 5.74) is 2.25. The molecule has 0 aliphatic carbocycles. The number of rotatable bonds is 2. The quantitative estimate of drug-likeness (QED) is 0.698. The molecule has 2 aromatic rings. The number of halogens is 1. The van der Waals surface area contributed by atoms with E-state index in [-0.39, 0.29) is 5.82 Å². The Morgan fingerprint density at radius 2 is 1.81 bits per heavy atom. The smallest absolute Gasteiger partial charge is 0.150 e. The average molecular weight is 214 g/mol. The SMILES string of the molecule is Cc1cc(C=O)cc(-c2ccccc2)c1F. The molecular weight excluding hydrogens is 203 g/mol. The van der Waals surface area contributed by atoms with Crippen molar-refractivity contribution >= 4 is 6.29 Å². The van der Waals surface area contributed by atoms with Crippen LogP contribution >= 0.6 is 0 Å². The van der Waals surface area contributed by atoms with Crippen LogP contribution in [-0.2, 0) is 0 Å². The van der Waals surface area contributed by atoms with Crippen LogP contribution in [0.1, 0.15) is 15.9 Å². The molecule has 0 amide bonds. The fourth-order valence-electron chi connectivity index (χ4n) is 1.69. The molecule has 0 bridgehead atoms. The lowest BCUT2D eigenvalue weighted by Gasteiger charge is -2.07. The molecule has 0 unspecified atom stereocenters. The first-order chi connectivity index (χ1) is 7.72. The highest BCUT2D eigenvalue weighted by atomic mass is 19.1. The predicted molar refractivity (Wildman–Crippen MR) is 62.0 cm³/mol. The Balaban J connectivity index is 2.64. The van der Waals surface area contributed by atoms with E-state index in [0.29, 0.717) is 16.7 Å². The number of aryl methyl sites for hydroxylation is 1. The van der Waals surface area contributed by atoms with Gasteiger partial charge < -0.3 is 0 Å². The van der Waals surface area contributed by atoms with Crippen LogP contribution in [0.3, 0.4) is 0 Å². The number of carbonyl (C=O) groups excluding carboxylic acids is 1. The molecule has 0 aromatic heterocycles. The van der Waals surface area contributed by atoms with E-state index in [1.807, 2.05) is 30.3 Å². The van der Waals surface area contributed by atoms with E-state index in [1.54, 1.807) is 19.1 Å². The summed E-state index contributed by atoms with van der Waals surface area (Å²) in [5, 5.41) is 0. The third-order valence-corrected chi connectivity index (χ3v) is 2.50. The Hall–Kier alpha value is -1.96. The van der Waals surface area contributed by atoms with Gasteiger partial charge in [0.05, 0.1) is 0 Å². The molecule has 0 saturated heterocycles. The Kier molecular flexibility index (Phi) is 2.82. The maximum Gasteiger partial charge on any atom is 0.150 e. The van der Waals surface area contributed by atoms with Crippen molar-refractivity contribution < 1.29 is 9.18 Å². The Labute approximate surface area is 93.5 Å². The van der Waals surface area contributed by atoms with Gasteiger partial charge in [0.25, 0.3) is 0 Å². The molecule has 16 heavy (non-hydrogen) atoms. The minimum Gasteiger partial charge on any atom is -0.298 e. The number of hydrogen-bond acceptors (Lipinski definition) is 1. The Morgan fingerprint density at radius 1 is 1.12 bits per heavy atom. The summed E-state index contributed by atoms with van der Waals surface area (Å²) in [6, 6.07) is 12.3. The van der Waals surface area contributed by atoms with Crippen molar-refractivity contribution in [3.05, 3.63) is 59.4 Å². The maximum atomic E-state index is 13.9. The van der Waals surface area contributed by atoms with E-state index < -0.39 is 0 Å². The molecule has 1 nitrogen and oxygen atoms in total. The minimum absolute atomic E-state index is 0.267. The lowest BCUT2D eigenvalue weighted by molar-refractivity contribution is 0.112. The van der Waals surface area contributed by atoms with Crippen LogP contribution in [0.4, 0.5) is 4.39 Å². The van der Waals surface area contributed by atoms with Gasteiger partial charge in [-0.3, -0.25) is 4.79 Å². The van der Waals surface area contributed by atoms with Crippen LogP contribution in [0.25, 0.3) is 11.1 Å². The van der Waals surface area contributed by atoms with Crippen LogP contribution < -0.4 is 0 Å². The lowest BCUT2D eigenvalue weighted by atomic mass is 10.00. The Morgan fingerprint density at radius 3 is 2.44 bits per heavy atom. The van der Waals surface area contributed by atoms with E-state index in [4.69, 9.17) is 0 Å². The molecule has 0 fully saturated rings. The van der Waals surface area contributed by atoms with Crippen molar-refractivity contribution in [1.82, 2.24) is 0 Å². The number of carbonyl (C=O) groups is 1. The molecule has 2 heteroatoms. The van der Waals surface area contributed by atoms with Crippen molar-refractivity contribution in [3.63, 3.8) is 0 Å². The predicted octanol–water partition coefficient (Wildman–Crippen LogP) is 3.61. The Bertz CT molecular complexity index is 518. The van der Waals surface area contributed by atoms with Crippen molar-refractivity contribution in [2.45, 2.75) is 6.92 Å². The average Bonchev–Trinajstić information content (AvgIpc) is 2.33. The van der Waals surface area contributed by atoms with E-state index in [9.17, 15) is 9.18 Å². The molecule has 0 heterocycles. The molecule has 2 rings (SSSR count). The topological polar surface area (TPSA) is 17.1 Å². The molecule has 80 valence electrons. The highest BCUT2D eigenvalue weighted by Gasteiger charge is 2.09. The molecule has 0 saturated carbocycles. The lowest BCUT2D eigenvalue weighted by Crippen LogP contribution is -1.92. The summed E-state index contributed by atoms with van der Waals surface area (Å²) in [7, 11) is 0. The first kappa shape index (κ1) is 10.6. The van der Waals surface area contributed by atoms with Crippen LogP contribution in [0.15, 0.2) is 42.5 Å². The number of aldehydes is 1. The zero-order valence-corrected chi connectivity index (χ0v) is 8.91. The zero-order chi connectivity index (χ0) is 11.5. The van der Waals surface area contributed by atoms with E-state index in [0.717, 1.165) is 11.8 Å². The van der Waals surface area contributed by atoms with Gasteiger partial charge in [-0.25, -0.2) is 4.39 Å². The van der Waals surface area contributed by atoms with Gasteiger partial charge in [-0.05, 0) is 30.2 Å². The molecule has 0 aliphatic rings. The summed E-state index contributed by atoms with van der Waals surface area (Å²) >= 11 is 0. The van der Waals surface area contributed by atoms with Crippen LogP contribution in [-0.4, -0.2) is 6.29 Å². The highest BCUT2D eigenvalue weighted by Crippen LogP contribution is 2.25. The first-order valence-electron chi connectivity index (χ1n) is 5.03. The van der Waals surface area contributed by atoms with Gasteiger partial charge in [-0.1, -0.05) is 30.3 Å². The van der Waals surface area contributed by atoms with Crippen molar-refractivity contribution in [2.24, 2.45) is 0 Å². The van der Waals surface area contributed by atoms with Crippen molar-refractivity contribution in [2.75, 3.05) is 0 Å². The second-order valence-corrected chi connectivity index (χ2v) is 3.68. The van der Waals surface area contributed by atoms with E-state index in [1.165, 1.54) is 0 Å². The summed E-state index contributed by atoms with van der Waals surface area (Å²) in [6.45, 7) is 1.66. The molecule has 0 N–H and O–H groups in total. The third-order valence-electron chi connectivity index (χ3n) is 2.50. The van der Waals surface area contributed by atoms with Crippen molar-refractivity contribution in [3.8, 4) is 11.1 Å². The van der Waals surface area contributed by atoms with Gasteiger partial charge in [-0.2, -0.15) is 0 Å². The second kappa shape index (κ2) is 4.27. The summed E-state index contributed by atoms with van der Waals surface area (Å²) in [6.07, 6.45) is 0.735. The van der Waals surface area contributed by atoms with Crippen LogP contribution in [0, 0.1) is 12.7 Å². The molecule has 2 aromatic carbocycles. The zero-order valence-electron chi connectivity index (χ0n) is 8.91. The molecule has 0 radical (unpaired) electrons. The van der Waals surface area contributed by atoms with Gasteiger partial charge in [0.15, 0.2) is 0 Å².